The van der Waals surface area contributed by atoms with Crippen LogP contribution in [0.4, 0.5) is 4.79 Å². The number of benzene rings is 1. The number of amides is 1. The van der Waals surface area contributed by atoms with Crippen LogP contribution in [-0.4, -0.2) is 54.3 Å². The number of ether oxygens (including phenoxy) is 1. The van der Waals surface area contributed by atoms with E-state index in [1.165, 1.54) is 12.8 Å². The van der Waals surface area contributed by atoms with Crippen molar-refractivity contribution in [2.45, 2.75) is 77.0 Å². The van der Waals surface area contributed by atoms with Crippen molar-refractivity contribution in [1.29, 1.82) is 0 Å². The van der Waals surface area contributed by atoms with Gasteiger partial charge in [-0.25, -0.2) is 9.48 Å². The Balaban J connectivity index is 1.20. The standard InChI is InChI=1S/C24H30N6O3/c1-24(2,3)32-23(31)30-12-4-5-19(30)13-21-25-22(27-33-21)18-8-6-16(7-9-18)14-29-15-20(26-28-29)17-10-11-17/h6-9,15,17,19H,4-5,10-14H2,1-3H3/t19-/m0/s1. The Bertz CT molecular complexity index is 1110. The molecule has 1 amide bonds. The van der Waals surface area contributed by atoms with E-state index in [0.717, 1.165) is 29.7 Å². The van der Waals surface area contributed by atoms with Crippen molar-refractivity contribution >= 4 is 6.09 Å². The molecule has 5 rings (SSSR count). The number of aromatic nitrogens is 5. The zero-order valence-corrected chi connectivity index (χ0v) is 19.4. The Morgan fingerprint density at radius 2 is 1.97 bits per heavy atom. The summed E-state index contributed by atoms with van der Waals surface area (Å²) in [4.78, 5) is 18.9. The first-order valence-electron chi connectivity index (χ1n) is 11.7. The lowest BCUT2D eigenvalue weighted by Gasteiger charge is -2.28. The minimum absolute atomic E-state index is 0.0127. The predicted molar refractivity (Wildman–Crippen MR) is 120 cm³/mol. The van der Waals surface area contributed by atoms with Gasteiger partial charge in [0.1, 0.15) is 5.60 Å². The molecule has 1 aliphatic carbocycles. The molecule has 0 spiro atoms. The Morgan fingerprint density at radius 1 is 1.18 bits per heavy atom. The van der Waals surface area contributed by atoms with E-state index in [1.807, 2.05) is 55.9 Å². The minimum atomic E-state index is -0.512. The lowest BCUT2D eigenvalue weighted by molar-refractivity contribution is 0.0222. The molecule has 2 fully saturated rings. The summed E-state index contributed by atoms with van der Waals surface area (Å²) in [5.74, 6) is 1.69. The molecule has 0 N–H and O–H groups in total. The Hall–Kier alpha value is -3.23. The second kappa shape index (κ2) is 8.61. The Labute approximate surface area is 193 Å². The molecule has 174 valence electrons. The van der Waals surface area contributed by atoms with Gasteiger partial charge in [-0.1, -0.05) is 34.6 Å². The zero-order valence-electron chi connectivity index (χ0n) is 19.4. The highest BCUT2D eigenvalue weighted by molar-refractivity contribution is 5.69. The molecule has 9 nitrogen and oxygen atoms in total. The summed E-state index contributed by atoms with van der Waals surface area (Å²) in [7, 11) is 0. The van der Waals surface area contributed by atoms with Gasteiger partial charge in [0, 0.05) is 36.7 Å². The largest absolute Gasteiger partial charge is 0.444 e. The molecule has 9 heteroatoms. The average molecular weight is 451 g/mol. The maximum Gasteiger partial charge on any atom is 0.410 e. The summed E-state index contributed by atoms with van der Waals surface area (Å²) in [6, 6.07) is 8.09. The third kappa shape index (κ3) is 5.23. The van der Waals surface area contributed by atoms with Crippen LogP contribution >= 0.6 is 0 Å². The molecule has 3 heterocycles. The molecule has 0 unspecified atom stereocenters. The predicted octanol–water partition coefficient (Wildman–Crippen LogP) is 4.20. The Kier molecular flexibility index (Phi) is 5.64. The molecule has 1 saturated heterocycles. The molecule has 2 aliphatic rings. The highest BCUT2D eigenvalue weighted by Crippen LogP contribution is 2.38. The van der Waals surface area contributed by atoms with Gasteiger partial charge in [0.2, 0.25) is 11.7 Å². The molecule has 2 aromatic heterocycles. The van der Waals surface area contributed by atoms with E-state index in [0.29, 0.717) is 37.1 Å². The van der Waals surface area contributed by atoms with Crippen molar-refractivity contribution in [3.05, 3.63) is 47.6 Å². The van der Waals surface area contributed by atoms with Gasteiger partial charge in [-0.05, 0) is 52.0 Å². The van der Waals surface area contributed by atoms with Crippen molar-refractivity contribution < 1.29 is 14.1 Å². The second-order valence-corrected chi connectivity index (χ2v) is 10.00. The molecular formula is C24H30N6O3. The first-order chi connectivity index (χ1) is 15.8. The molecule has 3 aromatic rings. The summed E-state index contributed by atoms with van der Waals surface area (Å²) >= 11 is 0. The number of nitrogens with zero attached hydrogens (tertiary/aromatic N) is 6. The van der Waals surface area contributed by atoms with Gasteiger partial charge >= 0.3 is 6.09 Å². The van der Waals surface area contributed by atoms with Crippen LogP contribution in [0.15, 0.2) is 35.0 Å². The van der Waals surface area contributed by atoms with Crippen LogP contribution in [0, 0.1) is 0 Å². The van der Waals surface area contributed by atoms with Gasteiger partial charge in [-0.2, -0.15) is 4.98 Å². The smallest absolute Gasteiger partial charge is 0.410 e. The summed E-state index contributed by atoms with van der Waals surface area (Å²) in [5.41, 5.74) is 2.61. The summed E-state index contributed by atoms with van der Waals surface area (Å²) in [5, 5.41) is 12.7. The van der Waals surface area contributed by atoms with Crippen molar-refractivity contribution in [3.8, 4) is 11.4 Å². The fourth-order valence-corrected chi connectivity index (χ4v) is 4.17. The van der Waals surface area contributed by atoms with Gasteiger partial charge in [0.15, 0.2) is 0 Å². The SMILES string of the molecule is CC(C)(C)OC(=O)N1CCC[C@H]1Cc1nc(-c2ccc(Cn3cc(C4CC4)nn3)cc2)no1. The number of hydrogen-bond donors (Lipinski definition) is 0. The molecule has 1 aromatic carbocycles. The molecular weight excluding hydrogens is 420 g/mol. The first kappa shape index (κ1) is 21.6. The minimum Gasteiger partial charge on any atom is -0.444 e. The quantitative estimate of drug-likeness (QED) is 0.555. The van der Waals surface area contributed by atoms with Crippen LogP contribution in [-0.2, 0) is 17.7 Å². The van der Waals surface area contributed by atoms with E-state index >= 15 is 0 Å². The first-order valence-corrected chi connectivity index (χ1v) is 11.7. The van der Waals surface area contributed by atoms with Crippen molar-refractivity contribution in [2.24, 2.45) is 0 Å². The summed E-state index contributed by atoms with van der Waals surface area (Å²) in [6.07, 6.45) is 6.58. The summed E-state index contributed by atoms with van der Waals surface area (Å²) in [6.45, 7) is 7.00. The zero-order chi connectivity index (χ0) is 23.0. The van der Waals surface area contributed by atoms with Crippen LogP contribution in [0.25, 0.3) is 11.4 Å². The number of rotatable bonds is 6. The third-order valence-corrected chi connectivity index (χ3v) is 5.99. The molecule has 1 atom stereocenters. The van der Waals surface area contributed by atoms with Crippen molar-refractivity contribution in [3.63, 3.8) is 0 Å². The van der Waals surface area contributed by atoms with Crippen molar-refractivity contribution in [2.75, 3.05) is 6.54 Å². The van der Waals surface area contributed by atoms with Crippen LogP contribution in [0.1, 0.15) is 69.5 Å². The van der Waals surface area contributed by atoms with E-state index in [9.17, 15) is 4.79 Å². The number of likely N-dealkylation sites (tertiary alicyclic amines) is 1. The molecule has 0 radical (unpaired) electrons. The van der Waals surface area contributed by atoms with Gasteiger partial charge in [-0.3, -0.25) is 0 Å². The molecule has 1 saturated carbocycles. The lowest BCUT2D eigenvalue weighted by atomic mass is 10.1. The fourth-order valence-electron chi connectivity index (χ4n) is 4.17. The average Bonchev–Trinajstić information content (AvgIpc) is 3.14. The molecule has 0 bridgehead atoms. The van der Waals surface area contributed by atoms with Crippen LogP contribution in [0.3, 0.4) is 0 Å². The maximum absolute atomic E-state index is 12.5. The van der Waals surface area contributed by atoms with Gasteiger partial charge in [0.05, 0.1) is 12.2 Å². The Morgan fingerprint density at radius 3 is 2.70 bits per heavy atom. The second-order valence-electron chi connectivity index (χ2n) is 10.00. The van der Waals surface area contributed by atoms with E-state index in [1.54, 1.807) is 4.90 Å². The van der Waals surface area contributed by atoms with E-state index in [-0.39, 0.29) is 12.1 Å². The lowest BCUT2D eigenvalue weighted by Crippen LogP contribution is -2.40. The van der Waals surface area contributed by atoms with Gasteiger partial charge in [0.25, 0.3) is 0 Å². The molecule has 1 aliphatic heterocycles. The fraction of sp³-hybridized carbons (Fsp3) is 0.542. The third-order valence-electron chi connectivity index (χ3n) is 5.99. The van der Waals surface area contributed by atoms with Crippen LogP contribution in [0.2, 0.25) is 0 Å². The number of hydrogen-bond acceptors (Lipinski definition) is 7. The topological polar surface area (TPSA) is 99.2 Å². The van der Waals surface area contributed by atoms with Crippen molar-refractivity contribution in [1.82, 2.24) is 30.0 Å². The molecule has 33 heavy (non-hydrogen) atoms. The normalized spacial score (nSPS) is 18.6. The van der Waals surface area contributed by atoms with E-state index in [2.05, 4.69) is 20.5 Å². The van der Waals surface area contributed by atoms with Crippen LogP contribution < -0.4 is 0 Å². The highest BCUT2D eigenvalue weighted by atomic mass is 16.6. The highest BCUT2D eigenvalue weighted by Gasteiger charge is 2.33. The van der Waals surface area contributed by atoms with Gasteiger partial charge in [-0.15, -0.1) is 5.10 Å². The monoisotopic (exact) mass is 450 g/mol. The van der Waals surface area contributed by atoms with E-state index < -0.39 is 5.60 Å². The summed E-state index contributed by atoms with van der Waals surface area (Å²) < 4.78 is 12.9. The number of carbonyl (C=O) groups excluding carboxylic acids is 1. The van der Waals surface area contributed by atoms with E-state index in [4.69, 9.17) is 9.26 Å². The van der Waals surface area contributed by atoms with Crippen LogP contribution in [0.5, 0.6) is 0 Å². The number of carbonyl (C=O) groups is 1. The van der Waals surface area contributed by atoms with Gasteiger partial charge < -0.3 is 14.2 Å². The maximum atomic E-state index is 12.5.